The molecule has 3 N–H and O–H groups in total. The normalized spacial score (nSPS) is 11.9. The zero-order valence-corrected chi connectivity index (χ0v) is 10.1. The van der Waals surface area contributed by atoms with Crippen LogP contribution in [0.4, 0.5) is 5.69 Å². The second kappa shape index (κ2) is 6.21. The van der Waals surface area contributed by atoms with Crippen molar-refractivity contribution in [2.24, 2.45) is 5.84 Å². The van der Waals surface area contributed by atoms with Crippen molar-refractivity contribution in [3.8, 4) is 0 Å². The van der Waals surface area contributed by atoms with Gasteiger partial charge < -0.3 is 0 Å². The molecule has 1 amide bonds. The first-order valence-corrected chi connectivity index (χ1v) is 5.81. The molecule has 0 heterocycles. The van der Waals surface area contributed by atoms with E-state index in [1.54, 1.807) is 12.1 Å². The first-order chi connectivity index (χ1) is 8.02. The van der Waals surface area contributed by atoms with Crippen molar-refractivity contribution in [2.75, 3.05) is 0 Å². The van der Waals surface area contributed by atoms with Gasteiger partial charge in [0.15, 0.2) is 0 Å². The van der Waals surface area contributed by atoms with Gasteiger partial charge in [-0.25, -0.2) is 5.84 Å². The maximum Gasteiger partial charge on any atom is 0.269 e. The van der Waals surface area contributed by atoms with Gasteiger partial charge in [-0.15, -0.1) is 11.8 Å². The number of thioether (sulfide) groups is 1. The first kappa shape index (κ1) is 13.5. The second-order valence-electron chi connectivity index (χ2n) is 3.45. The van der Waals surface area contributed by atoms with Crippen LogP contribution in [0.15, 0.2) is 29.2 Å². The van der Waals surface area contributed by atoms with Gasteiger partial charge in [-0.3, -0.25) is 20.3 Å². The summed E-state index contributed by atoms with van der Waals surface area (Å²) in [5.74, 6) is 4.75. The highest BCUT2D eigenvalue weighted by atomic mass is 32.2. The van der Waals surface area contributed by atoms with Crippen molar-refractivity contribution >= 4 is 23.4 Å². The van der Waals surface area contributed by atoms with Crippen molar-refractivity contribution in [2.45, 2.75) is 23.5 Å². The van der Waals surface area contributed by atoms with E-state index in [4.69, 9.17) is 5.84 Å². The van der Waals surface area contributed by atoms with Gasteiger partial charge in [0.2, 0.25) is 5.91 Å². The molecule has 0 aromatic heterocycles. The van der Waals surface area contributed by atoms with Gasteiger partial charge in [0.1, 0.15) is 0 Å². The Morgan fingerprint density at radius 2 is 2.12 bits per heavy atom. The smallest absolute Gasteiger partial charge is 0.269 e. The number of amides is 1. The number of hydrogen-bond acceptors (Lipinski definition) is 5. The van der Waals surface area contributed by atoms with Crippen LogP contribution in [0.25, 0.3) is 0 Å². The summed E-state index contributed by atoms with van der Waals surface area (Å²) >= 11 is 1.47. The highest BCUT2D eigenvalue weighted by molar-refractivity contribution is 8.00. The lowest BCUT2D eigenvalue weighted by Gasteiger charge is -2.09. The standard InChI is InChI=1S/C10H13N3O3S/c1-7(6-10(14)12-11)17-9-4-2-8(3-5-9)13(15)16/h2-5,7H,6,11H2,1H3,(H,12,14). The molecule has 17 heavy (non-hydrogen) atoms. The van der Waals surface area contributed by atoms with E-state index in [1.807, 2.05) is 6.92 Å². The zero-order chi connectivity index (χ0) is 12.8. The number of nitrogens with one attached hydrogen (secondary N) is 1. The van der Waals surface area contributed by atoms with E-state index in [0.29, 0.717) is 6.42 Å². The fraction of sp³-hybridized carbons (Fsp3) is 0.300. The van der Waals surface area contributed by atoms with Crippen LogP contribution in [-0.2, 0) is 4.79 Å². The third-order valence-electron chi connectivity index (χ3n) is 2.02. The number of nitrogens with zero attached hydrogens (tertiary/aromatic N) is 1. The Morgan fingerprint density at radius 3 is 2.59 bits per heavy atom. The Labute approximate surface area is 103 Å². The van der Waals surface area contributed by atoms with Gasteiger partial charge in [-0.05, 0) is 12.1 Å². The third-order valence-corrected chi connectivity index (χ3v) is 3.13. The molecule has 0 aliphatic carbocycles. The van der Waals surface area contributed by atoms with Crippen LogP contribution in [0.5, 0.6) is 0 Å². The van der Waals surface area contributed by atoms with E-state index in [2.05, 4.69) is 5.43 Å². The number of rotatable bonds is 5. The summed E-state index contributed by atoms with van der Waals surface area (Å²) in [7, 11) is 0. The topological polar surface area (TPSA) is 98.3 Å². The van der Waals surface area contributed by atoms with Crippen LogP contribution < -0.4 is 11.3 Å². The molecule has 1 aromatic rings. The molecule has 0 aliphatic rings. The van der Waals surface area contributed by atoms with Crippen LogP contribution >= 0.6 is 11.8 Å². The fourth-order valence-corrected chi connectivity index (χ4v) is 2.23. The minimum absolute atomic E-state index is 0.0556. The minimum Gasteiger partial charge on any atom is -0.294 e. The predicted molar refractivity (Wildman–Crippen MR) is 65.4 cm³/mol. The molecule has 0 radical (unpaired) electrons. The molecule has 1 atom stereocenters. The van der Waals surface area contributed by atoms with Gasteiger partial charge in [0.25, 0.3) is 5.69 Å². The zero-order valence-electron chi connectivity index (χ0n) is 9.25. The fourth-order valence-electron chi connectivity index (χ4n) is 1.24. The number of hydrogen-bond donors (Lipinski definition) is 2. The number of non-ortho nitro benzene ring substituents is 1. The SMILES string of the molecule is CC(CC(=O)NN)Sc1ccc([N+](=O)[O-])cc1. The quantitative estimate of drug-likeness (QED) is 0.273. The maximum atomic E-state index is 11.0. The van der Waals surface area contributed by atoms with Gasteiger partial charge in [0, 0.05) is 28.7 Å². The Hall–Kier alpha value is -1.60. The lowest BCUT2D eigenvalue weighted by molar-refractivity contribution is -0.384. The summed E-state index contributed by atoms with van der Waals surface area (Å²) in [5.41, 5.74) is 2.12. The van der Waals surface area contributed by atoms with Crippen LogP contribution in [-0.4, -0.2) is 16.1 Å². The average molecular weight is 255 g/mol. The van der Waals surface area contributed by atoms with Crippen molar-refractivity contribution < 1.29 is 9.72 Å². The van der Waals surface area contributed by atoms with Crippen LogP contribution in [0.3, 0.4) is 0 Å². The van der Waals surface area contributed by atoms with Crippen molar-refractivity contribution in [3.63, 3.8) is 0 Å². The van der Waals surface area contributed by atoms with Gasteiger partial charge in [-0.2, -0.15) is 0 Å². The number of carbonyl (C=O) groups excluding carboxylic acids is 1. The second-order valence-corrected chi connectivity index (χ2v) is 4.96. The van der Waals surface area contributed by atoms with E-state index in [-0.39, 0.29) is 16.8 Å². The highest BCUT2D eigenvalue weighted by Gasteiger charge is 2.10. The molecule has 0 bridgehead atoms. The lowest BCUT2D eigenvalue weighted by atomic mass is 10.3. The number of hydrazine groups is 1. The summed E-state index contributed by atoms with van der Waals surface area (Å²) in [6, 6.07) is 6.22. The number of carbonyl (C=O) groups is 1. The number of nitrogens with two attached hydrogens (primary N) is 1. The minimum atomic E-state index is -0.445. The number of nitro groups is 1. The summed E-state index contributed by atoms with van der Waals surface area (Å²) in [6.45, 7) is 1.89. The van der Waals surface area contributed by atoms with E-state index < -0.39 is 4.92 Å². The van der Waals surface area contributed by atoms with Crippen molar-refractivity contribution in [1.29, 1.82) is 0 Å². The molecule has 1 aromatic carbocycles. The van der Waals surface area contributed by atoms with Crippen molar-refractivity contribution in [1.82, 2.24) is 5.43 Å². The number of benzene rings is 1. The molecule has 92 valence electrons. The van der Waals surface area contributed by atoms with Crippen LogP contribution in [0.2, 0.25) is 0 Å². The molecule has 0 saturated heterocycles. The number of nitro benzene ring substituents is 1. The maximum absolute atomic E-state index is 11.0. The van der Waals surface area contributed by atoms with Crippen molar-refractivity contribution in [3.05, 3.63) is 34.4 Å². The molecule has 0 spiro atoms. The summed E-state index contributed by atoms with van der Waals surface area (Å²) < 4.78 is 0. The highest BCUT2D eigenvalue weighted by Crippen LogP contribution is 2.26. The van der Waals surface area contributed by atoms with E-state index >= 15 is 0 Å². The molecular weight excluding hydrogens is 242 g/mol. The largest absolute Gasteiger partial charge is 0.294 e. The Balaban J connectivity index is 2.57. The molecule has 0 fully saturated rings. The van der Waals surface area contributed by atoms with Gasteiger partial charge >= 0.3 is 0 Å². The summed E-state index contributed by atoms with van der Waals surface area (Å²) in [5, 5.41) is 10.5. The Bertz CT molecular complexity index is 408. The predicted octanol–water partition coefficient (Wildman–Crippen LogP) is 1.46. The molecule has 1 unspecified atom stereocenters. The summed E-state index contributed by atoms with van der Waals surface area (Å²) in [4.78, 5) is 21.9. The monoisotopic (exact) mass is 255 g/mol. The van der Waals surface area contributed by atoms with E-state index in [0.717, 1.165) is 4.90 Å². The molecule has 0 aliphatic heterocycles. The van der Waals surface area contributed by atoms with E-state index in [1.165, 1.54) is 23.9 Å². The van der Waals surface area contributed by atoms with Crippen LogP contribution in [0, 0.1) is 10.1 Å². The van der Waals surface area contributed by atoms with Gasteiger partial charge in [-0.1, -0.05) is 6.92 Å². The lowest BCUT2D eigenvalue weighted by Crippen LogP contribution is -2.31. The molecule has 7 heteroatoms. The molecule has 0 saturated carbocycles. The summed E-state index contributed by atoms with van der Waals surface area (Å²) in [6.07, 6.45) is 0.304. The van der Waals surface area contributed by atoms with E-state index in [9.17, 15) is 14.9 Å². The Kier molecular flexibility index (Phi) is 4.92. The molecular formula is C10H13N3O3S. The van der Waals surface area contributed by atoms with Crippen LogP contribution in [0.1, 0.15) is 13.3 Å². The average Bonchev–Trinajstić information content (AvgIpc) is 2.29. The third kappa shape index (κ3) is 4.41. The molecule has 1 rings (SSSR count). The van der Waals surface area contributed by atoms with Gasteiger partial charge in [0.05, 0.1) is 4.92 Å². The Morgan fingerprint density at radius 1 is 1.53 bits per heavy atom. The molecule has 6 nitrogen and oxygen atoms in total. The first-order valence-electron chi connectivity index (χ1n) is 4.93.